The first-order chi connectivity index (χ1) is 14.5. The van der Waals surface area contributed by atoms with Gasteiger partial charge in [0, 0.05) is 6.20 Å². The molecule has 0 atom stereocenters. The van der Waals surface area contributed by atoms with Gasteiger partial charge in [0.05, 0.1) is 22.5 Å². The quantitative estimate of drug-likeness (QED) is 0.431. The van der Waals surface area contributed by atoms with Crippen molar-refractivity contribution in [3.63, 3.8) is 0 Å². The summed E-state index contributed by atoms with van der Waals surface area (Å²) in [6.45, 7) is 6.38. The summed E-state index contributed by atoms with van der Waals surface area (Å²) in [4.78, 5) is 24.0. The van der Waals surface area contributed by atoms with E-state index in [2.05, 4.69) is 24.0 Å². The molecule has 0 saturated heterocycles. The highest BCUT2D eigenvalue weighted by molar-refractivity contribution is 7.22. The molecule has 2 heterocycles. The molecule has 4 rings (SSSR count). The highest BCUT2D eigenvalue weighted by atomic mass is 32.1. The lowest BCUT2D eigenvalue weighted by Gasteiger charge is -2.19. The molecule has 0 aliphatic carbocycles. The first-order valence-corrected chi connectivity index (χ1v) is 10.6. The second-order valence-electron chi connectivity index (χ2n) is 7.33. The topological polar surface area (TPSA) is 55.3 Å². The number of benzene rings is 2. The predicted molar refractivity (Wildman–Crippen MR) is 121 cm³/mol. The van der Waals surface area contributed by atoms with Crippen LogP contribution >= 0.6 is 11.3 Å². The maximum Gasteiger partial charge on any atom is 0.267 e. The molecule has 0 aliphatic heterocycles. The standard InChI is InChI=1S/C24H23N3O2S/c1-16-7-6-9-20(12-16)29-15-22(28)27(14-19-8-4-5-10-25-19)24-26-23-18(3)11-17(2)13-21(23)30-24/h4-13H,14-15H2,1-3H3. The fourth-order valence-corrected chi connectivity index (χ4v) is 4.48. The zero-order valence-corrected chi connectivity index (χ0v) is 18.1. The van der Waals surface area contributed by atoms with Gasteiger partial charge < -0.3 is 4.74 Å². The average Bonchev–Trinajstić information content (AvgIpc) is 3.15. The minimum absolute atomic E-state index is 0.0653. The third kappa shape index (κ3) is 4.49. The number of pyridine rings is 1. The van der Waals surface area contributed by atoms with E-state index in [1.54, 1.807) is 11.1 Å². The van der Waals surface area contributed by atoms with Crippen LogP contribution in [0.1, 0.15) is 22.4 Å². The Bertz CT molecular complexity index is 1190. The smallest absolute Gasteiger partial charge is 0.267 e. The van der Waals surface area contributed by atoms with Crippen molar-refractivity contribution in [2.45, 2.75) is 27.3 Å². The number of hydrogen-bond acceptors (Lipinski definition) is 5. The molecular formula is C24H23N3O2S. The van der Waals surface area contributed by atoms with E-state index in [0.29, 0.717) is 17.4 Å². The van der Waals surface area contributed by atoms with Crippen molar-refractivity contribution in [3.8, 4) is 5.75 Å². The number of aromatic nitrogens is 2. The van der Waals surface area contributed by atoms with Crippen LogP contribution in [0.3, 0.4) is 0 Å². The van der Waals surface area contributed by atoms with Crippen LogP contribution in [0.5, 0.6) is 5.75 Å². The van der Waals surface area contributed by atoms with Crippen LogP contribution in [0.25, 0.3) is 10.2 Å². The average molecular weight is 418 g/mol. The number of amides is 1. The monoisotopic (exact) mass is 417 g/mol. The van der Waals surface area contributed by atoms with Gasteiger partial charge in [0.1, 0.15) is 5.75 Å². The minimum Gasteiger partial charge on any atom is -0.484 e. The summed E-state index contributed by atoms with van der Waals surface area (Å²) in [5, 5.41) is 0.655. The summed E-state index contributed by atoms with van der Waals surface area (Å²) >= 11 is 1.52. The molecule has 5 nitrogen and oxygen atoms in total. The number of nitrogens with zero attached hydrogens (tertiary/aromatic N) is 3. The van der Waals surface area contributed by atoms with Crippen LogP contribution in [-0.4, -0.2) is 22.5 Å². The zero-order valence-electron chi connectivity index (χ0n) is 17.3. The molecule has 0 fully saturated rings. The number of thiazole rings is 1. The highest BCUT2D eigenvalue weighted by Crippen LogP contribution is 2.32. The molecule has 1 amide bonds. The highest BCUT2D eigenvalue weighted by Gasteiger charge is 2.22. The Labute approximate surface area is 180 Å². The van der Waals surface area contributed by atoms with E-state index in [1.165, 1.54) is 16.9 Å². The van der Waals surface area contributed by atoms with Gasteiger partial charge in [-0.05, 0) is 67.8 Å². The summed E-state index contributed by atoms with van der Waals surface area (Å²) in [6, 6.07) is 17.6. The van der Waals surface area contributed by atoms with Crippen LogP contribution in [-0.2, 0) is 11.3 Å². The molecule has 2 aromatic heterocycles. The number of carbonyl (C=O) groups is 1. The van der Waals surface area contributed by atoms with Crippen molar-refractivity contribution in [3.05, 3.63) is 83.2 Å². The molecular weight excluding hydrogens is 394 g/mol. The largest absolute Gasteiger partial charge is 0.484 e. The number of rotatable bonds is 6. The van der Waals surface area contributed by atoms with Crippen LogP contribution in [0.4, 0.5) is 5.13 Å². The molecule has 152 valence electrons. The van der Waals surface area contributed by atoms with Gasteiger partial charge in [-0.1, -0.05) is 35.6 Å². The SMILES string of the molecule is Cc1cccc(OCC(=O)N(Cc2ccccn2)c2nc3c(C)cc(C)cc3s2)c1. The molecule has 0 spiro atoms. The molecule has 4 aromatic rings. The molecule has 2 aromatic carbocycles. The van der Waals surface area contributed by atoms with Gasteiger partial charge >= 0.3 is 0 Å². The van der Waals surface area contributed by atoms with E-state index in [0.717, 1.165) is 27.0 Å². The zero-order chi connectivity index (χ0) is 21.1. The number of hydrogen-bond donors (Lipinski definition) is 0. The third-order valence-corrected chi connectivity index (χ3v) is 5.77. The lowest BCUT2D eigenvalue weighted by Crippen LogP contribution is -2.34. The predicted octanol–water partition coefficient (Wildman–Crippen LogP) is 5.23. The molecule has 6 heteroatoms. The fourth-order valence-electron chi connectivity index (χ4n) is 3.32. The molecule has 30 heavy (non-hydrogen) atoms. The summed E-state index contributed by atoms with van der Waals surface area (Å²) in [5.74, 6) is 0.521. The van der Waals surface area contributed by atoms with Gasteiger partial charge in [-0.25, -0.2) is 4.98 Å². The summed E-state index contributed by atoms with van der Waals surface area (Å²) in [5.41, 5.74) is 5.10. The molecule has 0 unspecified atom stereocenters. The van der Waals surface area contributed by atoms with Crippen molar-refractivity contribution < 1.29 is 9.53 Å². The van der Waals surface area contributed by atoms with E-state index in [4.69, 9.17) is 9.72 Å². The van der Waals surface area contributed by atoms with Crippen molar-refractivity contribution >= 4 is 32.6 Å². The fraction of sp³-hybridized carbons (Fsp3) is 0.208. The second kappa shape index (κ2) is 8.63. The first-order valence-electron chi connectivity index (χ1n) is 9.77. The molecule has 0 aliphatic rings. The Morgan fingerprint density at radius 2 is 1.90 bits per heavy atom. The van der Waals surface area contributed by atoms with E-state index in [-0.39, 0.29) is 12.5 Å². The molecule has 0 radical (unpaired) electrons. The van der Waals surface area contributed by atoms with Crippen LogP contribution in [0.2, 0.25) is 0 Å². The second-order valence-corrected chi connectivity index (χ2v) is 8.34. The Morgan fingerprint density at radius 3 is 2.67 bits per heavy atom. The van der Waals surface area contributed by atoms with Crippen molar-refractivity contribution in [1.29, 1.82) is 0 Å². The van der Waals surface area contributed by atoms with Crippen LogP contribution in [0, 0.1) is 20.8 Å². The Morgan fingerprint density at radius 1 is 1.03 bits per heavy atom. The van der Waals surface area contributed by atoms with E-state index >= 15 is 0 Å². The number of ether oxygens (including phenoxy) is 1. The lowest BCUT2D eigenvalue weighted by atomic mass is 10.1. The van der Waals surface area contributed by atoms with Gasteiger partial charge in [-0.3, -0.25) is 14.7 Å². The molecule has 0 N–H and O–H groups in total. The Hall–Kier alpha value is -3.25. The normalized spacial score (nSPS) is 10.9. The van der Waals surface area contributed by atoms with Crippen molar-refractivity contribution in [2.75, 3.05) is 11.5 Å². The number of fused-ring (bicyclic) bond motifs is 1. The lowest BCUT2D eigenvalue weighted by molar-refractivity contribution is -0.120. The van der Waals surface area contributed by atoms with Crippen molar-refractivity contribution in [2.24, 2.45) is 0 Å². The van der Waals surface area contributed by atoms with E-state index < -0.39 is 0 Å². The number of carbonyl (C=O) groups excluding carboxylic acids is 1. The van der Waals surface area contributed by atoms with Gasteiger partial charge in [-0.15, -0.1) is 0 Å². The van der Waals surface area contributed by atoms with Gasteiger partial charge in [-0.2, -0.15) is 0 Å². The summed E-state index contributed by atoms with van der Waals surface area (Å²) in [6.07, 6.45) is 1.73. The van der Waals surface area contributed by atoms with Gasteiger partial charge in [0.15, 0.2) is 11.7 Å². The number of anilines is 1. The van der Waals surface area contributed by atoms with Crippen LogP contribution < -0.4 is 9.64 Å². The summed E-state index contributed by atoms with van der Waals surface area (Å²) in [7, 11) is 0. The Balaban J connectivity index is 1.64. The molecule has 0 bridgehead atoms. The maximum atomic E-state index is 13.2. The van der Waals surface area contributed by atoms with Crippen LogP contribution in [0.15, 0.2) is 60.8 Å². The molecule has 0 saturated carbocycles. The van der Waals surface area contributed by atoms with E-state index in [9.17, 15) is 4.79 Å². The van der Waals surface area contributed by atoms with Gasteiger partial charge in [0.25, 0.3) is 5.91 Å². The maximum absolute atomic E-state index is 13.2. The Kier molecular flexibility index (Phi) is 5.77. The summed E-state index contributed by atoms with van der Waals surface area (Å²) < 4.78 is 6.84. The van der Waals surface area contributed by atoms with Crippen molar-refractivity contribution in [1.82, 2.24) is 9.97 Å². The van der Waals surface area contributed by atoms with Gasteiger partial charge in [0.2, 0.25) is 0 Å². The minimum atomic E-state index is -0.157. The first kappa shape index (κ1) is 20.0. The number of aryl methyl sites for hydroxylation is 3. The third-order valence-electron chi connectivity index (χ3n) is 4.75. The van der Waals surface area contributed by atoms with E-state index in [1.807, 2.05) is 56.3 Å².